The van der Waals surface area contributed by atoms with E-state index >= 15 is 0 Å². The molecule has 2 aliphatic heterocycles. The van der Waals surface area contributed by atoms with Crippen LogP contribution in [0.25, 0.3) is 0 Å². The lowest BCUT2D eigenvalue weighted by Gasteiger charge is -2.24. The Morgan fingerprint density at radius 1 is 1.30 bits per heavy atom. The SMILES string of the molecule is CN=C(NCc1ccc2c(c1)COC2)N(C)CC1CCOC1.I. The highest BCUT2D eigenvalue weighted by Gasteiger charge is 2.19. The smallest absolute Gasteiger partial charge is 0.193 e. The Kier molecular flexibility index (Phi) is 7.10. The number of hydrogen-bond donors (Lipinski definition) is 1. The molecule has 0 bridgehead atoms. The van der Waals surface area contributed by atoms with E-state index in [4.69, 9.17) is 9.47 Å². The lowest BCUT2D eigenvalue weighted by molar-refractivity contribution is 0.134. The highest BCUT2D eigenvalue weighted by atomic mass is 127. The van der Waals surface area contributed by atoms with Crippen molar-refractivity contribution in [3.8, 4) is 0 Å². The highest BCUT2D eigenvalue weighted by molar-refractivity contribution is 14.0. The summed E-state index contributed by atoms with van der Waals surface area (Å²) in [6, 6.07) is 6.56. The third-order valence-corrected chi connectivity index (χ3v) is 4.37. The summed E-state index contributed by atoms with van der Waals surface area (Å²) >= 11 is 0. The minimum absolute atomic E-state index is 0. The van der Waals surface area contributed by atoms with Gasteiger partial charge in [-0.25, -0.2) is 0 Å². The van der Waals surface area contributed by atoms with Crippen LogP contribution in [0.2, 0.25) is 0 Å². The van der Waals surface area contributed by atoms with Crippen molar-refractivity contribution in [3.05, 3.63) is 34.9 Å². The summed E-state index contributed by atoms with van der Waals surface area (Å²) in [6.45, 7) is 5.01. The van der Waals surface area contributed by atoms with Gasteiger partial charge in [-0.15, -0.1) is 24.0 Å². The average Bonchev–Trinajstić information content (AvgIpc) is 3.18. The number of aliphatic imine (C=N–C) groups is 1. The van der Waals surface area contributed by atoms with Crippen LogP contribution in [-0.2, 0) is 29.2 Å². The van der Waals surface area contributed by atoms with Crippen LogP contribution >= 0.6 is 24.0 Å². The van der Waals surface area contributed by atoms with Crippen molar-refractivity contribution in [2.75, 3.05) is 33.9 Å². The van der Waals surface area contributed by atoms with Gasteiger partial charge in [0.15, 0.2) is 5.96 Å². The number of hydrogen-bond acceptors (Lipinski definition) is 3. The highest BCUT2D eigenvalue weighted by Crippen LogP contribution is 2.20. The van der Waals surface area contributed by atoms with Gasteiger partial charge in [0.1, 0.15) is 0 Å². The monoisotopic (exact) mass is 431 g/mol. The van der Waals surface area contributed by atoms with Crippen molar-refractivity contribution in [2.45, 2.75) is 26.2 Å². The molecule has 0 amide bonds. The molecule has 6 heteroatoms. The molecule has 1 fully saturated rings. The quantitative estimate of drug-likeness (QED) is 0.452. The number of nitrogens with one attached hydrogen (secondary N) is 1. The third-order valence-electron chi connectivity index (χ3n) is 4.37. The predicted molar refractivity (Wildman–Crippen MR) is 102 cm³/mol. The maximum atomic E-state index is 5.47. The van der Waals surface area contributed by atoms with Crippen LogP contribution in [0.5, 0.6) is 0 Å². The lowest BCUT2D eigenvalue weighted by atomic mass is 10.1. The molecule has 0 spiro atoms. The van der Waals surface area contributed by atoms with Crippen molar-refractivity contribution >= 4 is 29.9 Å². The first-order valence-corrected chi connectivity index (χ1v) is 7.94. The van der Waals surface area contributed by atoms with Crippen LogP contribution in [0.4, 0.5) is 0 Å². The lowest BCUT2D eigenvalue weighted by Crippen LogP contribution is -2.41. The van der Waals surface area contributed by atoms with Gasteiger partial charge in [-0.05, 0) is 23.1 Å². The molecule has 0 aromatic heterocycles. The Morgan fingerprint density at radius 2 is 2.13 bits per heavy atom. The number of nitrogens with zero attached hydrogens (tertiary/aromatic N) is 2. The second kappa shape index (κ2) is 8.84. The van der Waals surface area contributed by atoms with E-state index < -0.39 is 0 Å². The van der Waals surface area contributed by atoms with Gasteiger partial charge in [-0.1, -0.05) is 18.2 Å². The zero-order valence-corrected chi connectivity index (χ0v) is 16.2. The van der Waals surface area contributed by atoms with Gasteiger partial charge in [-0.3, -0.25) is 4.99 Å². The molecule has 2 heterocycles. The number of benzene rings is 1. The molecule has 0 aliphatic carbocycles. The molecule has 5 nitrogen and oxygen atoms in total. The number of fused-ring (bicyclic) bond motifs is 1. The molecule has 1 aromatic carbocycles. The summed E-state index contributed by atoms with van der Waals surface area (Å²) in [5.74, 6) is 1.55. The summed E-state index contributed by atoms with van der Waals surface area (Å²) in [4.78, 5) is 6.57. The molecule has 2 aliphatic rings. The molecule has 1 unspecified atom stereocenters. The van der Waals surface area contributed by atoms with E-state index in [-0.39, 0.29) is 24.0 Å². The predicted octanol–water partition coefficient (Wildman–Crippen LogP) is 2.38. The van der Waals surface area contributed by atoms with Gasteiger partial charge < -0.3 is 19.7 Å². The Hall–Kier alpha value is -0.860. The summed E-state index contributed by atoms with van der Waals surface area (Å²) in [7, 11) is 3.92. The van der Waals surface area contributed by atoms with Crippen LogP contribution in [0, 0.1) is 5.92 Å². The number of guanidine groups is 1. The van der Waals surface area contributed by atoms with Crippen LogP contribution in [0.3, 0.4) is 0 Å². The molecule has 0 saturated carbocycles. The first-order chi connectivity index (χ1) is 10.8. The van der Waals surface area contributed by atoms with Crippen LogP contribution < -0.4 is 5.32 Å². The van der Waals surface area contributed by atoms with E-state index in [0.717, 1.165) is 51.9 Å². The first kappa shape index (κ1) is 18.5. The van der Waals surface area contributed by atoms with E-state index in [1.165, 1.54) is 16.7 Å². The number of halogens is 1. The minimum atomic E-state index is 0. The fourth-order valence-corrected chi connectivity index (χ4v) is 3.10. The normalized spacial score (nSPS) is 20.1. The fourth-order valence-electron chi connectivity index (χ4n) is 3.10. The van der Waals surface area contributed by atoms with Crippen molar-refractivity contribution in [1.29, 1.82) is 0 Å². The molecular weight excluding hydrogens is 405 g/mol. The molecule has 23 heavy (non-hydrogen) atoms. The Morgan fingerprint density at radius 3 is 2.87 bits per heavy atom. The standard InChI is InChI=1S/C17H25N3O2.HI/c1-18-17(20(2)9-14-5-6-21-10-14)19-8-13-3-4-15-11-22-12-16(15)7-13;/h3-4,7,14H,5-6,8-12H2,1-2H3,(H,18,19);1H. The minimum Gasteiger partial charge on any atom is -0.381 e. The van der Waals surface area contributed by atoms with Crippen molar-refractivity contribution in [2.24, 2.45) is 10.9 Å². The molecule has 1 aromatic rings. The maximum absolute atomic E-state index is 5.47. The Bertz CT molecular complexity index is 545. The summed E-state index contributed by atoms with van der Waals surface area (Å²) in [5, 5.41) is 3.44. The largest absolute Gasteiger partial charge is 0.381 e. The second-order valence-corrected chi connectivity index (χ2v) is 6.11. The number of ether oxygens (including phenoxy) is 2. The second-order valence-electron chi connectivity index (χ2n) is 6.11. The molecule has 1 saturated heterocycles. The summed E-state index contributed by atoms with van der Waals surface area (Å²) in [6.07, 6.45) is 1.14. The van der Waals surface area contributed by atoms with Gasteiger partial charge in [-0.2, -0.15) is 0 Å². The van der Waals surface area contributed by atoms with E-state index in [1.807, 2.05) is 7.05 Å². The van der Waals surface area contributed by atoms with Crippen molar-refractivity contribution in [1.82, 2.24) is 10.2 Å². The molecule has 1 atom stereocenters. The van der Waals surface area contributed by atoms with Crippen molar-refractivity contribution < 1.29 is 9.47 Å². The average molecular weight is 431 g/mol. The zero-order chi connectivity index (χ0) is 15.4. The van der Waals surface area contributed by atoms with E-state index in [1.54, 1.807) is 0 Å². The van der Waals surface area contributed by atoms with E-state index in [0.29, 0.717) is 5.92 Å². The van der Waals surface area contributed by atoms with E-state index in [2.05, 4.69) is 40.5 Å². The first-order valence-electron chi connectivity index (χ1n) is 7.94. The van der Waals surface area contributed by atoms with Gasteiger partial charge in [0.2, 0.25) is 0 Å². The van der Waals surface area contributed by atoms with Crippen molar-refractivity contribution in [3.63, 3.8) is 0 Å². The van der Waals surface area contributed by atoms with Crippen LogP contribution in [0.15, 0.2) is 23.2 Å². The zero-order valence-electron chi connectivity index (χ0n) is 13.9. The fraction of sp³-hybridized carbons (Fsp3) is 0.588. The van der Waals surface area contributed by atoms with Gasteiger partial charge in [0.25, 0.3) is 0 Å². The molecule has 0 radical (unpaired) electrons. The Labute approximate surface area is 155 Å². The molecule has 3 rings (SSSR count). The summed E-state index contributed by atoms with van der Waals surface area (Å²) < 4.78 is 10.9. The van der Waals surface area contributed by atoms with Gasteiger partial charge >= 0.3 is 0 Å². The maximum Gasteiger partial charge on any atom is 0.193 e. The molecule has 1 N–H and O–H groups in total. The topological polar surface area (TPSA) is 46.1 Å². The Balaban J connectivity index is 0.00000192. The van der Waals surface area contributed by atoms with Crippen LogP contribution in [-0.4, -0.2) is 44.7 Å². The van der Waals surface area contributed by atoms with E-state index in [9.17, 15) is 0 Å². The summed E-state index contributed by atoms with van der Waals surface area (Å²) in [5.41, 5.74) is 3.89. The molecule has 128 valence electrons. The molecular formula is C17H26IN3O2. The van der Waals surface area contributed by atoms with Crippen LogP contribution in [0.1, 0.15) is 23.1 Å². The number of rotatable bonds is 4. The van der Waals surface area contributed by atoms with Gasteiger partial charge in [0.05, 0.1) is 19.8 Å². The third kappa shape index (κ3) is 4.81. The van der Waals surface area contributed by atoms with Gasteiger partial charge in [0, 0.05) is 39.7 Å².